The lowest BCUT2D eigenvalue weighted by Gasteiger charge is -2.16. The fourth-order valence-electron chi connectivity index (χ4n) is 2.04. The van der Waals surface area contributed by atoms with Crippen LogP contribution in [0, 0.1) is 0 Å². The van der Waals surface area contributed by atoms with Crippen molar-refractivity contribution in [2.24, 2.45) is 0 Å². The van der Waals surface area contributed by atoms with Gasteiger partial charge in [0.2, 0.25) is 0 Å². The molecule has 1 unspecified atom stereocenters. The molecule has 19 heavy (non-hydrogen) atoms. The molecule has 0 fully saturated rings. The quantitative estimate of drug-likeness (QED) is 0.875. The Bertz CT molecular complexity index is 524. The van der Waals surface area contributed by atoms with Crippen molar-refractivity contribution in [3.63, 3.8) is 0 Å². The zero-order valence-corrected chi connectivity index (χ0v) is 12.7. The third-order valence-electron chi connectivity index (χ3n) is 2.84. The Morgan fingerprint density at radius 1 is 1.32 bits per heavy atom. The monoisotopic (exact) mass is 323 g/mol. The number of methoxy groups -OCH3 is 1. The van der Waals surface area contributed by atoms with E-state index in [1.165, 1.54) is 5.56 Å². The fraction of sp³-hybridized carbons (Fsp3) is 0.333. The van der Waals surface area contributed by atoms with Crippen molar-refractivity contribution >= 4 is 15.9 Å². The van der Waals surface area contributed by atoms with Gasteiger partial charge in [-0.1, -0.05) is 35.0 Å². The highest BCUT2D eigenvalue weighted by atomic mass is 79.9. The van der Waals surface area contributed by atoms with E-state index in [4.69, 9.17) is 9.15 Å². The van der Waals surface area contributed by atoms with Crippen LogP contribution in [0.1, 0.15) is 30.0 Å². The fourth-order valence-corrected chi connectivity index (χ4v) is 2.46. The van der Waals surface area contributed by atoms with Crippen LogP contribution in [0.2, 0.25) is 0 Å². The van der Waals surface area contributed by atoms with Gasteiger partial charge in [-0.3, -0.25) is 0 Å². The first-order chi connectivity index (χ1) is 9.24. The maximum absolute atomic E-state index is 5.83. The van der Waals surface area contributed by atoms with Gasteiger partial charge in [-0.25, -0.2) is 0 Å². The first-order valence-electron chi connectivity index (χ1n) is 6.31. The van der Waals surface area contributed by atoms with Crippen molar-refractivity contribution in [1.29, 1.82) is 0 Å². The van der Waals surface area contributed by atoms with E-state index in [1.807, 2.05) is 24.3 Å². The molecule has 0 aliphatic heterocycles. The summed E-state index contributed by atoms with van der Waals surface area (Å²) in [6.45, 7) is 3.46. The highest BCUT2D eigenvalue weighted by Gasteiger charge is 2.17. The molecule has 1 N–H and O–H groups in total. The molecule has 2 rings (SSSR count). The summed E-state index contributed by atoms with van der Waals surface area (Å²) in [6.07, 6.45) is 0. The van der Waals surface area contributed by atoms with E-state index in [0.717, 1.165) is 22.5 Å². The van der Waals surface area contributed by atoms with Crippen LogP contribution in [0.4, 0.5) is 0 Å². The molecule has 102 valence electrons. The molecule has 1 atom stereocenters. The minimum atomic E-state index is 0.0631. The van der Waals surface area contributed by atoms with Crippen molar-refractivity contribution in [2.75, 3.05) is 13.7 Å². The molecule has 0 aliphatic carbocycles. The molecule has 0 amide bonds. The van der Waals surface area contributed by atoms with E-state index in [2.05, 4.69) is 40.3 Å². The van der Waals surface area contributed by atoms with E-state index in [-0.39, 0.29) is 6.04 Å². The molecule has 0 spiro atoms. The van der Waals surface area contributed by atoms with Crippen LogP contribution in [0.25, 0.3) is 0 Å². The van der Waals surface area contributed by atoms with Gasteiger partial charge in [0.1, 0.15) is 18.1 Å². The topological polar surface area (TPSA) is 34.4 Å². The molecule has 0 bridgehead atoms. The number of hydrogen-bond donors (Lipinski definition) is 1. The lowest BCUT2D eigenvalue weighted by molar-refractivity contribution is 0.162. The number of hydrogen-bond acceptors (Lipinski definition) is 3. The first-order valence-corrected chi connectivity index (χ1v) is 7.10. The Hall–Kier alpha value is -1.10. The van der Waals surface area contributed by atoms with Crippen molar-refractivity contribution < 1.29 is 9.15 Å². The first kappa shape index (κ1) is 14.3. The number of benzene rings is 1. The number of furan rings is 1. The van der Waals surface area contributed by atoms with Crippen molar-refractivity contribution in [2.45, 2.75) is 19.6 Å². The minimum absolute atomic E-state index is 0.0631. The van der Waals surface area contributed by atoms with Crippen molar-refractivity contribution in [3.8, 4) is 0 Å². The maximum Gasteiger partial charge on any atom is 0.129 e. The molecule has 0 saturated carbocycles. The van der Waals surface area contributed by atoms with Crippen molar-refractivity contribution in [1.82, 2.24) is 5.32 Å². The van der Waals surface area contributed by atoms with Gasteiger partial charge < -0.3 is 14.5 Å². The van der Waals surface area contributed by atoms with Gasteiger partial charge in [-0.05, 0) is 36.4 Å². The summed E-state index contributed by atoms with van der Waals surface area (Å²) in [7, 11) is 1.66. The molecule has 4 heteroatoms. The number of nitrogens with one attached hydrogen (secondary N) is 1. The summed E-state index contributed by atoms with van der Waals surface area (Å²) in [5, 5.41) is 3.44. The Kier molecular flexibility index (Phi) is 5.19. The lowest BCUT2D eigenvalue weighted by atomic mass is 10.0. The Morgan fingerprint density at radius 3 is 2.84 bits per heavy atom. The molecule has 1 aromatic carbocycles. The third-order valence-corrected chi connectivity index (χ3v) is 3.34. The van der Waals surface area contributed by atoms with Gasteiger partial charge in [0.15, 0.2) is 0 Å². The van der Waals surface area contributed by atoms with Gasteiger partial charge in [-0.2, -0.15) is 0 Å². The zero-order chi connectivity index (χ0) is 13.7. The second-order valence-corrected chi connectivity index (χ2v) is 5.20. The van der Waals surface area contributed by atoms with Gasteiger partial charge in [0.05, 0.1) is 6.04 Å². The number of ether oxygens (including phenoxy) is 1. The molecule has 0 radical (unpaired) electrons. The Labute approximate surface area is 122 Å². The summed E-state index contributed by atoms with van der Waals surface area (Å²) >= 11 is 3.51. The van der Waals surface area contributed by atoms with Gasteiger partial charge in [0, 0.05) is 11.6 Å². The summed E-state index contributed by atoms with van der Waals surface area (Å²) < 4.78 is 12.0. The van der Waals surface area contributed by atoms with Gasteiger partial charge >= 0.3 is 0 Å². The summed E-state index contributed by atoms with van der Waals surface area (Å²) in [6, 6.07) is 12.3. The maximum atomic E-state index is 5.83. The molecule has 0 saturated heterocycles. The number of halogens is 1. The average Bonchev–Trinajstić information content (AvgIpc) is 2.85. The molecular formula is C15H18BrNO2. The van der Waals surface area contributed by atoms with Crippen LogP contribution in [0.15, 0.2) is 45.3 Å². The summed E-state index contributed by atoms with van der Waals surface area (Å²) in [4.78, 5) is 0. The van der Waals surface area contributed by atoms with Gasteiger partial charge in [0.25, 0.3) is 0 Å². The average molecular weight is 324 g/mol. The summed E-state index contributed by atoms with van der Waals surface area (Å²) in [5.41, 5.74) is 1.18. The van der Waals surface area contributed by atoms with E-state index in [1.54, 1.807) is 7.11 Å². The second-order valence-electron chi connectivity index (χ2n) is 4.28. The lowest BCUT2D eigenvalue weighted by Crippen LogP contribution is -2.21. The normalized spacial score (nSPS) is 12.6. The highest BCUT2D eigenvalue weighted by molar-refractivity contribution is 9.10. The SMILES string of the molecule is CCNC(c1cccc(Br)c1)c1ccc(COC)o1. The molecule has 0 aliphatic rings. The van der Waals surface area contributed by atoms with Crippen LogP contribution in [0.5, 0.6) is 0 Å². The molecule has 1 heterocycles. The highest BCUT2D eigenvalue weighted by Crippen LogP contribution is 2.26. The van der Waals surface area contributed by atoms with Crippen LogP contribution >= 0.6 is 15.9 Å². The molecule has 2 aromatic rings. The van der Waals surface area contributed by atoms with E-state index in [9.17, 15) is 0 Å². The Balaban J connectivity index is 2.28. The van der Waals surface area contributed by atoms with Gasteiger partial charge in [-0.15, -0.1) is 0 Å². The zero-order valence-electron chi connectivity index (χ0n) is 11.2. The van der Waals surface area contributed by atoms with Crippen LogP contribution in [-0.2, 0) is 11.3 Å². The Morgan fingerprint density at radius 2 is 2.16 bits per heavy atom. The smallest absolute Gasteiger partial charge is 0.129 e. The largest absolute Gasteiger partial charge is 0.462 e. The van der Waals surface area contributed by atoms with Crippen LogP contribution in [0.3, 0.4) is 0 Å². The van der Waals surface area contributed by atoms with E-state index in [0.29, 0.717) is 6.61 Å². The van der Waals surface area contributed by atoms with Crippen LogP contribution < -0.4 is 5.32 Å². The second kappa shape index (κ2) is 6.89. The molecular weight excluding hydrogens is 306 g/mol. The number of rotatable bonds is 6. The minimum Gasteiger partial charge on any atom is -0.462 e. The van der Waals surface area contributed by atoms with E-state index >= 15 is 0 Å². The molecule has 1 aromatic heterocycles. The van der Waals surface area contributed by atoms with Crippen molar-refractivity contribution in [3.05, 3.63) is 58.0 Å². The third kappa shape index (κ3) is 3.69. The van der Waals surface area contributed by atoms with E-state index < -0.39 is 0 Å². The predicted molar refractivity (Wildman–Crippen MR) is 79.1 cm³/mol. The summed E-state index contributed by atoms with van der Waals surface area (Å²) in [5.74, 6) is 1.75. The predicted octanol–water partition coefficient (Wildman–Crippen LogP) is 3.89. The van der Waals surface area contributed by atoms with Crippen LogP contribution in [-0.4, -0.2) is 13.7 Å². The molecule has 3 nitrogen and oxygen atoms in total. The standard InChI is InChI=1S/C15H18BrNO2/c1-3-17-15(11-5-4-6-12(16)9-11)14-8-7-13(19-14)10-18-2/h4-9,15,17H,3,10H2,1-2H3.